The van der Waals surface area contributed by atoms with Crippen molar-refractivity contribution in [2.45, 2.75) is 66.3 Å². The van der Waals surface area contributed by atoms with Gasteiger partial charge in [-0.1, -0.05) is 44.2 Å². The summed E-state index contributed by atoms with van der Waals surface area (Å²) in [6.45, 7) is 12.5. The molecule has 2 atom stereocenters. The van der Waals surface area contributed by atoms with Gasteiger partial charge in [0.2, 0.25) is 0 Å². The maximum Gasteiger partial charge on any atom is 0.198 e. The first-order chi connectivity index (χ1) is 15.2. The highest BCUT2D eigenvalue weighted by Gasteiger charge is 2.25. The van der Waals surface area contributed by atoms with Crippen LogP contribution < -0.4 is 15.9 Å². The number of nitrogens with zero attached hydrogens (tertiary/aromatic N) is 1. The molecule has 1 heterocycles. The third-order valence-electron chi connectivity index (χ3n) is 6.14. The standard InChI is InChI=1S/C27H36N4O/c1-7-19-10-9-17(5)21(13-19)22-15-23-24(14-20(22)8-2)31-27(32)26(23)18(6)30-25(28)11-12-29-16(3)4/h9-16,20,22,28-29,31-32H,7-8H2,1-6H3/b12-11-,28-25?,30-18?. The van der Waals surface area contributed by atoms with Gasteiger partial charge >= 0.3 is 0 Å². The van der Waals surface area contributed by atoms with Gasteiger partial charge in [0, 0.05) is 28.7 Å². The van der Waals surface area contributed by atoms with Gasteiger partial charge in [-0.15, -0.1) is 0 Å². The number of rotatable bonds is 7. The number of fused-ring (bicyclic) bond motifs is 1. The lowest BCUT2D eigenvalue weighted by molar-refractivity contribution is 0.455. The normalized spacial score (nSPS) is 18.4. The molecule has 2 unspecified atom stereocenters. The number of aromatic hydroxyl groups is 1. The van der Waals surface area contributed by atoms with Crippen molar-refractivity contribution >= 4 is 23.7 Å². The summed E-state index contributed by atoms with van der Waals surface area (Å²) in [4.78, 5) is 7.56. The van der Waals surface area contributed by atoms with Crippen LogP contribution in [0.3, 0.4) is 0 Å². The Morgan fingerprint density at radius 3 is 2.69 bits per heavy atom. The van der Waals surface area contributed by atoms with Crippen LogP contribution in [0, 0.1) is 18.3 Å². The number of aromatic nitrogens is 1. The fourth-order valence-electron chi connectivity index (χ4n) is 4.37. The number of aliphatic imine (C=N–C) groups is 1. The van der Waals surface area contributed by atoms with Crippen LogP contribution in [0.1, 0.15) is 69.2 Å². The molecule has 0 radical (unpaired) electrons. The molecule has 0 bridgehead atoms. The van der Waals surface area contributed by atoms with Gasteiger partial charge in [0.15, 0.2) is 5.88 Å². The van der Waals surface area contributed by atoms with Crippen molar-refractivity contribution in [3.05, 3.63) is 63.3 Å². The SMILES string of the molecule is CCc1ccc(C)c(C2C=c3c(C(C)=NC(=N)/C=C\NC(C)C)c(O)[nH]c3=CC2CC)c1. The molecule has 0 spiro atoms. The molecule has 0 amide bonds. The van der Waals surface area contributed by atoms with E-state index in [9.17, 15) is 5.11 Å². The number of benzene rings is 1. The Labute approximate surface area is 191 Å². The minimum atomic E-state index is 0.107. The quantitative estimate of drug-likeness (QED) is 0.389. The van der Waals surface area contributed by atoms with Crippen molar-refractivity contribution in [3.63, 3.8) is 0 Å². The summed E-state index contributed by atoms with van der Waals surface area (Å²) < 4.78 is 0. The Morgan fingerprint density at radius 2 is 2.03 bits per heavy atom. The molecule has 1 aliphatic rings. The molecule has 1 aromatic heterocycles. The molecule has 32 heavy (non-hydrogen) atoms. The number of nitrogens with one attached hydrogen (secondary N) is 3. The van der Waals surface area contributed by atoms with E-state index in [1.165, 1.54) is 16.7 Å². The molecule has 0 fully saturated rings. The number of hydrogen-bond donors (Lipinski definition) is 4. The van der Waals surface area contributed by atoms with E-state index < -0.39 is 0 Å². The minimum Gasteiger partial charge on any atom is -0.494 e. The van der Waals surface area contributed by atoms with Gasteiger partial charge in [-0.25, -0.2) is 4.99 Å². The lowest BCUT2D eigenvalue weighted by Crippen LogP contribution is -2.34. The zero-order valence-corrected chi connectivity index (χ0v) is 20.1. The van der Waals surface area contributed by atoms with Crippen LogP contribution >= 0.6 is 0 Å². The summed E-state index contributed by atoms with van der Waals surface area (Å²) in [5.41, 5.74) is 5.27. The average molecular weight is 433 g/mol. The predicted octanol–water partition coefficient (Wildman–Crippen LogP) is 4.27. The molecule has 1 aromatic carbocycles. The van der Waals surface area contributed by atoms with Gasteiger partial charge in [-0.05, 0) is 69.2 Å². The van der Waals surface area contributed by atoms with E-state index in [0.717, 1.165) is 23.4 Å². The second-order valence-corrected chi connectivity index (χ2v) is 8.89. The highest BCUT2D eigenvalue weighted by atomic mass is 16.3. The van der Waals surface area contributed by atoms with Crippen LogP contribution in [-0.2, 0) is 6.42 Å². The molecule has 170 valence electrons. The first-order valence-corrected chi connectivity index (χ1v) is 11.6. The Balaban J connectivity index is 2.08. The largest absolute Gasteiger partial charge is 0.494 e. The van der Waals surface area contributed by atoms with Crippen molar-refractivity contribution in [2.75, 3.05) is 0 Å². The fraction of sp³-hybridized carbons (Fsp3) is 0.407. The Hall–Kier alpha value is -3.08. The second-order valence-electron chi connectivity index (χ2n) is 8.89. The molecular formula is C27H36N4O. The number of H-pyrrole nitrogens is 1. The zero-order valence-electron chi connectivity index (χ0n) is 20.1. The summed E-state index contributed by atoms with van der Waals surface area (Å²) in [5.74, 6) is 0.824. The lowest BCUT2D eigenvalue weighted by atomic mass is 9.78. The molecule has 5 heteroatoms. The highest BCUT2D eigenvalue weighted by molar-refractivity contribution is 6.09. The van der Waals surface area contributed by atoms with Gasteiger partial charge in [-0.2, -0.15) is 0 Å². The van der Waals surface area contributed by atoms with Crippen molar-refractivity contribution in [2.24, 2.45) is 10.9 Å². The second kappa shape index (κ2) is 10.0. The Morgan fingerprint density at radius 1 is 1.28 bits per heavy atom. The molecule has 2 aromatic rings. The summed E-state index contributed by atoms with van der Waals surface area (Å²) >= 11 is 0. The molecular weight excluding hydrogens is 396 g/mol. The average Bonchev–Trinajstić information content (AvgIpc) is 3.07. The van der Waals surface area contributed by atoms with E-state index in [0.29, 0.717) is 23.2 Å². The Kier molecular flexibility index (Phi) is 7.39. The van der Waals surface area contributed by atoms with E-state index in [-0.39, 0.29) is 17.6 Å². The molecule has 0 aliphatic heterocycles. The van der Waals surface area contributed by atoms with Gasteiger partial charge in [0.25, 0.3) is 0 Å². The first kappa shape index (κ1) is 23.6. The molecule has 5 nitrogen and oxygen atoms in total. The van der Waals surface area contributed by atoms with Crippen LogP contribution in [0.15, 0.2) is 35.5 Å². The maximum absolute atomic E-state index is 10.7. The van der Waals surface area contributed by atoms with Gasteiger partial charge in [0.05, 0.1) is 11.3 Å². The summed E-state index contributed by atoms with van der Waals surface area (Å²) in [5, 5.41) is 23.9. The molecule has 1 aliphatic carbocycles. The maximum atomic E-state index is 10.7. The minimum absolute atomic E-state index is 0.107. The molecule has 0 saturated carbocycles. The van der Waals surface area contributed by atoms with E-state index in [1.807, 2.05) is 20.8 Å². The summed E-state index contributed by atoms with van der Waals surface area (Å²) in [7, 11) is 0. The van der Waals surface area contributed by atoms with Crippen LogP contribution in [-0.4, -0.2) is 27.7 Å². The molecule has 3 rings (SSSR count). The molecule has 4 N–H and O–H groups in total. The zero-order chi connectivity index (χ0) is 23.4. The third kappa shape index (κ3) is 5.04. The van der Waals surface area contributed by atoms with E-state index in [2.05, 4.69) is 66.4 Å². The summed E-state index contributed by atoms with van der Waals surface area (Å²) in [6, 6.07) is 7.04. The highest BCUT2D eigenvalue weighted by Crippen LogP contribution is 2.34. The van der Waals surface area contributed by atoms with E-state index >= 15 is 0 Å². The molecule has 0 saturated heterocycles. The topological polar surface area (TPSA) is 84.3 Å². The predicted molar refractivity (Wildman–Crippen MR) is 135 cm³/mol. The van der Waals surface area contributed by atoms with Crippen LogP contribution in [0.5, 0.6) is 5.88 Å². The van der Waals surface area contributed by atoms with Gasteiger partial charge in [-0.3, -0.25) is 5.41 Å². The van der Waals surface area contributed by atoms with Crippen molar-refractivity contribution in [3.8, 4) is 5.88 Å². The number of amidine groups is 1. The lowest BCUT2D eigenvalue weighted by Gasteiger charge is -2.25. The number of aromatic amines is 1. The van der Waals surface area contributed by atoms with Crippen molar-refractivity contribution < 1.29 is 5.11 Å². The number of hydrogen-bond acceptors (Lipinski definition) is 3. The number of aryl methyl sites for hydroxylation is 2. The van der Waals surface area contributed by atoms with Gasteiger partial charge < -0.3 is 15.4 Å². The fourth-order valence-corrected chi connectivity index (χ4v) is 4.37. The van der Waals surface area contributed by atoms with Crippen LogP contribution in [0.25, 0.3) is 12.2 Å². The summed E-state index contributed by atoms with van der Waals surface area (Å²) in [6.07, 6.45) is 9.90. The van der Waals surface area contributed by atoms with E-state index in [4.69, 9.17) is 5.41 Å². The third-order valence-corrected chi connectivity index (χ3v) is 6.14. The smallest absolute Gasteiger partial charge is 0.198 e. The Bertz CT molecular complexity index is 1170. The van der Waals surface area contributed by atoms with E-state index in [1.54, 1.807) is 12.3 Å². The van der Waals surface area contributed by atoms with Crippen molar-refractivity contribution in [1.29, 1.82) is 5.41 Å². The van der Waals surface area contributed by atoms with Crippen molar-refractivity contribution in [1.82, 2.24) is 10.3 Å². The van der Waals surface area contributed by atoms with Crippen LogP contribution in [0.2, 0.25) is 0 Å². The van der Waals surface area contributed by atoms with Crippen LogP contribution in [0.4, 0.5) is 0 Å². The monoisotopic (exact) mass is 432 g/mol. The van der Waals surface area contributed by atoms with Gasteiger partial charge in [0.1, 0.15) is 5.84 Å². The first-order valence-electron chi connectivity index (χ1n) is 11.6.